The minimum atomic E-state index is -3.51. The van der Waals surface area contributed by atoms with E-state index in [2.05, 4.69) is 10.0 Å². The molecule has 1 fully saturated rings. The Morgan fingerprint density at radius 3 is 2.80 bits per heavy atom. The van der Waals surface area contributed by atoms with Crippen LogP contribution in [-0.2, 0) is 10.0 Å². The molecule has 1 unspecified atom stereocenters. The van der Waals surface area contributed by atoms with Crippen molar-refractivity contribution in [1.82, 2.24) is 10.0 Å². The van der Waals surface area contributed by atoms with Gasteiger partial charge in [0.05, 0.1) is 4.90 Å². The van der Waals surface area contributed by atoms with Crippen molar-refractivity contribution in [3.05, 3.63) is 18.2 Å². The molecule has 2 aliphatic rings. The Morgan fingerprint density at radius 2 is 2.05 bits per heavy atom. The van der Waals surface area contributed by atoms with E-state index in [1.165, 1.54) is 12.1 Å². The Morgan fingerprint density at radius 1 is 1.25 bits per heavy atom. The Bertz CT molecular complexity index is 582. The predicted molar refractivity (Wildman–Crippen MR) is 73.6 cm³/mol. The van der Waals surface area contributed by atoms with Gasteiger partial charge in [-0.2, -0.15) is 0 Å². The van der Waals surface area contributed by atoms with Crippen molar-refractivity contribution >= 4 is 10.0 Å². The number of hydrogen-bond acceptors (Lipinski definition) is 5. The van der Waals surface area contributed by atoms with Crippen LogP contribution in [-0.4, -0.2) is 40.8 Å². The molecule has 110 valence electrons. The first-order valence-electron chi connectivity index (χ1n) is 6.78. The normalized spacial score (nSPS) is 21.9. The van der Waals surface area contributed by atoms with Crippen LogP contribution < -0.4 is 19.5 Å². The van der Waals surface area contributed by atoms with Gasteiger partial charge in [-0.1, -0.05) is 0 Å². The summed E-state index contributed by atoms with van der Waals surface area (Å²) in [6.07, 6.45) is 2.10. The van der Waals surface area contributed by atoms with E-state index in [9.17, 15) is 8.42 Å². The highest BCUT2D eigenvalue weighted by Gasteiger charge is 2.21. The first-order chi connectivity index (χ1) is 9.65. The number of ether oxygens (including phenoxy) is 2. The van der Waals surface area contributed by atoms with Crippen LogP contribution >= 0.6 is 0 Å². The molecule has 1 aromatic rings. The van der Waals surface area contributed by atoms with Gasteiger partial charge in [0.1, 0.15) is 13.2 Å². The SMILES string of the molecule is O=S(=O)(NCC1CCCN1)c1ccc2c(c1)OCCO2. The van der Waals surface area contributed by atoms with E-state index in [0.29, 0.717) is 31.3 Å². The lowest BCUT2D eigenvalue weighted by molar-refractivity contribution is 0.171. The first kappa shape index (κ1) is 13.7. The summed E-state index contributed by atoms with van der Waals surface area (Å²) in [6, 6.07) is 4.91. The molecule has 0 spiro atoms. The largest absolute Gasteiger partial charge is 0.486 e. The van der Waals surface area contributed by atoms with E-state index in [-0.39, 0.29) is 10.9 Å². The van der Waals surface area contributed by atoms with Gasteiger partial charge in [-0.15, -0.1) is 0 Å². The molecular formula is C13H18N2O4S. The number of fused-ring (bicyclic) bond motifs is 1. The van der Waals surface area contributed by atoms with E-state index in [4.69, 9.17) is 9.47 Å². The molecule has 2 aliphatic heterocycles. The maximum atomic E-state index is 12.2. The smallest absolute Gasteiger partial charge is 0.240 e. The number of nitrogens with one attached hydrogen (secondary N) is 2. The van der Waals surface area contributed by atoms with E-state index >= 15 is 0 Å². The van der Waals surface area contributed by atoms with Gasteiger partial charge < -0.3 is 14.8 Å². The maximum absolute atomic E-state index is 12.2. The Labute approximate surface area is 118 Å². The lowest BCUT2D eigenvalue weighted by Gasteiger charge is -2.19. The van der Waals surface area contributed by atoms with Crippen LogP contribution in [0.4, 0.5) is 0 Å². The van der Waals surface area contributed by atoms with Gasteiger partial charge >= 0.3 is 0 Å². The summed E-state index contributed by atoms with van der Waals surface area (Å²) in [6.45, 7) is 2.30. The zero-order valence-electron chi connectivity index (χ0n) is 11.1. The average molecular weight is 298 g/mol. The molecule has 1 atom stereocenters. The molecule has 0 amide bonds. The van der Waals surface area contributed by atoms with Crippen LogP contribution in [0.15, 0.2) is 23.1 Å². The molecule has 0 radical (unpaired) electrons. The van der Waals surface area contributed by atoms with Crippen molar-refractivity contribution in [2.45, 2.75) is 23.8 Å². The molecule has 7 heteroatoms. The van der Waals surface area contributed by atoms with Gasteiger partial charge in [-0.05, 0) is 31.5 Å². The number of sulfonamides is 1. The number of hydrogen-bond donors (Lipinski definition) is 2. The van der Waals surface area contributed by atoms with E-state index < -0.39 is 10.0 Å². The average Bonchev–Trinajstić information content (AvgIpc) is 2.98. The third-order valence-corrected chi connectivity index (χ3v) is 4.93. The molecule has 20 heavy (non-hydrogen) atoms. The van der Waals surface area contributed by atoms with Gasteiger partial charge in [0.15, 0.2) is 11.5 Å². The summed E-state index contributed by atoms with van der Waals surface area (Å²) in [4.78, 5) is 0.208. The highest BCUT2D eigenvalue weighted by atomic mass is 32.2. The highest BCUT2D eigenvalue weighted by Crippen LogP contribution is 2.32. The zero-order chi connectivity index (χ0) is 14.0. The molecule has 2 heterocycles. The summed E-state index contributed by atoms with van der Waals surface area (Å²) in [5.41, 5.74) is 0. The van der Waals surface area contributed by atoms with E-state index in [0.717, 1.165) is 19.4 Å². The molecule has 0 bridgehead atoms. The van der Waals surface area contributed by atoms with Crippen molar-refractivity contribution in [3.8, 4) is 11.5 Å². The van der Waals surface area contributed by atoms with E-state index in [1.54, 1.807) is 6.07 Å². The summed E-state index contributed by atoms with van der Waals surface area (Å²) >= 11 is 0. The monoisotopic (exact) mass is 298 g/mol. The van der Waals surface area contributed by atoms with Gasteiger partial charge in [-0.3, -0.25) is 0 Å². The minimum absolute atomic E-state index is 0.208. The van der Waals surface area contributed by atoms with E-state index in [1.807, 2.05) is 0 Å². The lowest BCUT2D eigenvalue weighted by Crippen LogP contribution is -2.37. The third kappa shape index (κ3) is 2.89. The summed E-state index contributed by atoms with van der Waals surface area (Å²) in [5, 5.41) is 3.26. The zero-order valence-corrected chi connectivity index (χ0v) is 11.9. The fourth-order valence-corrected chi connectivity index (χ4v) is 3.51. The van der Waals surface area contributed by atoms with Crippen LogP contribution in [0.3, 0.4) is 0 Å². The second kappa shape index (κ2) is 5.59. The molecule has 2 N–H and O–H groups in total. The fourth-order valence-electron chi connectivity index (χ4n) is 2.42. The molecular weight excluding hydrogens is 280 g/mol. The van der Waals surface area contributed by atoms with Crippen molar-refractivity contribution in [3.63, 3.8) is 0 Å². The van der Waals surface area contributed by atoms with Crippen LogP contribution in [0.1, 0.15) is 12.8 Å². The van der Waals surface area contributed by atoms with Gasteiger partial charge in [0.2, 0.25) is 10.0 Å². The number of benzene rings is 1. The molecule has 0 aromatic heterocycles. The lowest BCUT2D eigenvalue weighted by atomic mass is 10.2. The maximum Gasteiger partial charge on any atom is 0.240 e. The van der Waals surface area contributed by atoms with Gasteiger partial charge in [0, 0.05) is 18.7 Å². The molecule has 3 rings (SSSR count). The van der Waals surface area contributed by atoms with Crippen LogP contribution in [0.2, 0.25) is 0 Å². The summed E-state index contributed by atoms with van der Waals surface area (Å²) < 4.78 is 37.9. The van der Waals surface area contributed by atoms with Crippen molar-refractivity contribution in [1.29, 1.82) is 0 Å². The highest BCUT2D eigenvalue weighted by molar-refractivity contribution is 7.89. The topological polar surface area (TPSA) is 76.7 Å². The van der Waals surface area contributed by atoms with Gasteiger partial charge in [-0.25, -0.2) is 13.1 Å². The molecule has 0 saturated carbocycles. The van der Waals surface area contributed by atoms with Crippen molar-refractivity contribution in [2.24, 2.45) is 0 Å². The summed E-state index contributed by atoms with van der Waals surface area (Å²) in [5.74, 6) is 1.07. The third-order valence-electron chi connectivity index (χ3n) is 3.51. The first-order valence-corrected chi connectivity index (χ1v) is 8.26. The predicted octanol–water partition coefficient (Wildman–Crippen LogP) is 0.488. The second-order valence-corrected chi connectivity index (χ2v) is 6.72. The standard InChI is InChI=1S/C13H18N2O4S/c16-20(17,15-9-10-2-1-5-14-10)11-3-4-12-13(8-11)19-7-6-18-12/h3-4,8,10,14-15H,1-2,5-7,9H2. The Hall–Kier alpha value is -1.31. The van der Waals surface area contributed by atoms with Crippen molar-refractivity contribution < 1.29 is 17.9 Å². The molecule has 6 nitrogen and oxygen atoms in total. The molecule has 0 aliphatic carbocycles. The second-order valence-electron chi connectivity index (χ2n) is 4.95. The molecule has 1 aromatic carbocycles. The van der Waals surface area contributed by atoms with Crippen LogP contribution in [0.25, 0.3) is 0 Å². The van der Waals surface area contributed by atoms with Crippen LogP contribution in [0, 0.1) is 0 Å². The van der Waals surface area contributed by atoms with Crippen LogP contribution in [0.5, 0.6) is 11.5 Å². The Kier molecular flexibility index (Phi) is 3.82. The molecule has 1 saturated heterocycles. The minimum Gasteiger partial charge on any atom is -0.486 e. The van der Waals surface area contributed by atoms with Crippen molar-refractivity contribution in [2.75, 3.05) is 26.3 Å². The fraction of sp³-hybridized carbons (Fsp3) is 0.538. The quantitative estimate of drug-likeness (QED) is 0.846. The number of rotatable bonds is 4. The summed E-state index contributed by atoms with van der Waals surface area (Å²) in [7, 11) is -3.51. The Balaban J connectivity index is 1.73. The van der Waals surface area contributed by atoms with Gasteiger partial charge in [0.25, 0.3) is 0 Å².